The van der Waals surface area contributed by atoms with E-state index in [2.05, 4.69) is 10.6 Å². The Kier molecular flexibility index (Phi) is 12.4. The van der Waals surface area contributed by atoms with Gasteiger partial charge in [0.2, 0.25) is 11.8 Å². The normalized spacial score (nSPS) is 19.1. The molecule has 31 heavy (non-hydrogen) atoms. The first-order chi connectivity index (χ1) is 13.9. The molecule has 7 nitrogen and oxygen atoms in total. The van der Waals surface area contributed by atoms with Gasteiger partial charge in [0.15, 0.2) is 0 Å². The van der Waals surface area contributed by atoms with Crippen molar-refractivity contribution in [2.24, 2.45) is 11.3 Å². The summed E-state index contributed by atoms with van der Waals surface area (Å²) in [6.45, 7) is 14.4. The molecular weight excluding hydrogens is 418 g/mol. The summed E-state index contributed by atoms with van der Waals surface area (Å²) in [5.74, 6) is -0.596. The summed E-state index contributed by atoms with van der Waals surface area (Å²) in [6.07, 6.45) is 4.64. The van der Waals surface area contributed by atoms with Gasteiger partial charge in [-0.15, -0.1) is 12.4 Å². The molecule has 1 rings (SSSR count). The lowest BCUT2D eigenvalue weighted by molar-refractivity contribution is -0.141. The van der Waals surface area contributed by atoms with Crippen molar-refractivity contribution < 1.29 is 19.1 Å². The molecule has 180 valence electrons. The van der Waals surface area contributed by atoms with Gasteiger partial charge in [-0.25, -0.2) is 4.79 Å². The fourth-order valence-corrected chi connectivity index (χ4v) is 3.64. The van der Waals surface area contributed by atoms with Crippen LogP contribution >= 0.6 is 12.4 Å². The molecule has 0 saturated carbocycles. The first-order valence-corrected chi connectivity index (χ1v) is 11.1. The zero-order valence-corrected chi connectivity index (χ0v) is 21.2. The maximum atomic E-state index is 13.5. The van der Waals surface area contributed by atoms with Gasteiger partial charge in [-0.05, 0) is 44.6 Å². The Morgan fingerprint density at radius 3 is 2.29 bits per heavy atom. The molecular formula is C23H42ClN3O4. The maximum Gasteiger partial charge on any atom is 0.333 e. The van der Waals surface area contributed by atoms with Gasteiger partial charge in [-0.2, -0.15) is 0 Å². The van der Waals surface area contributed by atoms with Crippen molar-refractivity contribution in [2.45, 2.75) is 85.9 Å². The second-order valence-electron chi connectivity index (χ2n) is 9.56. The summed E-state index contributed by atoms with van der Waals surface area (Å²) in [6, 6.07) is -1.22. The van der Waals surface area contributed by atoms with Gasteiger partial charge in [0.25, 0.3) is 0 Å². The molecule has 0 spiro atoms. The van der Waals surface area contributed by atoms with E-state index in [1.165, 1.54) is 0 Å². The van der Waals surface area contributed by atoms with E-state index in [4.69, 9.17) is 4.74 Å². The molecule has 0 aliphatic carbocycles. The van der Waals surface area contributed by atoms with Gasteiger partial charge in [0, 0.05) is 12.6 Å². The molecule has 0 radical (unpaired) electrons. The van der Waals surface area contributed by atoms with Crippen LogP contribution in [-0.2, 0) is 19.1 Å². The van der Waals surface area contributed by atoms with E-state index in [9.17, 15) is 14.4 Å². The molecule has 3 atom stereocenters. The zero-order valence-electron chi connectivity index (χ0n) is 20.4. The van der Waals surface area contributed by atoms with Crippen molar-refractivity contribution in [2.75, 3.05) is 20.2 Å². The van der Waals surface area contributed by atoms with E-state index >= 15 is 0 Å². The number of ether oxygens (including phenoxy) is 1. The molecule has 1 fully saturated rings. The van der Waals surface area contributed by atoms with Gasteiger partial charge in [0.05, 0.1) is 18.7 Å². The summed E-state index contributed by atoms with van der Waals surface area (Å²) in [4.78, 5) is 40.0. The van der Waals surface area contributed by atoms with Crippen LogP contribution in [0.1, 0.15) is 67.7 Å². The Labute approximate surface area is 194 Å². The Hall–Kier alpha value is -1.60. The minimum Gasteiger partial charge on any atom is -0.463 e. The van der Waals surface area contributed by atoms with Crippen molar-refractivity contribution in [1.82, 2.24) is 15.5 Å². The third-order valence-corrected chi connectivity index (χ3v) is 5.52. The molecule has 0 aromatic rings. The smallest absolute Gasteiger partial charge is 0.333 e. The van der Waals surface area contributed by atoms with E-state index in [0.717, 1.165) is 25.8 Å². The maximum absolute atomic E-state index is 13.5. The fraction of sp³-hybridized carbons (Fsp3) is 0.783. The van der Waals surface area contributed by atoms with Crippen LogP contribution in [0.25, 0.3) is 0 Å². The second kappa shape index (κ2) is 13.1. The number of nitrogens with zero attached hydrogens (tertiary/aromatic N) is 1. The molecule has 8 heteroatoms. The van der Waals surface area contributed by atoms with Crippen LogP contribution < -0.4 is 10.6 Å². The fourth-order valence-electron chi connectivity index (χ4n) is 3.64. The predicted molar refractivity (Wildman–Crippen MR) is 126 cm³/mol. The molecule has 0 bridgehead atoms. The van der Waals surface area contributed by atoms with E-state index < -0.39 is 11.5 Å². The third-order valence-electron chi connectivity index (χ3n) is 5.52. The average molecular weight is 460 g/mol. The molecule has 0 aromatic carbocycles. The summed E-state index contributed by atoms with van der Waals surface area (Å²) < 4.78 is 5.07. The van der Waals surface area contributed by atoms with Crippen LogP contribution in [0.3, 0.4) is 0 Å². The lowest BCUT2D eigenvalue weighted by Crippen LogP contribution is -2.59. The number of piperidine rings is 1. The van der Waals surface area contributed by atoms with Crippen LogP contribution in [0.4, 0.5) is 0 Å². The third kappa shape index (κ3) is 8.81. The monoisotopic (exact) mass is 459 g/mol. The Bertz CT molecular complexity index is 637. The summed E-state index contributed by atoms with van der Waals surface area (Å²) in [5.41, 5.74) is 0.00911. The van der Waals surface area contributed by atoms with Crippen molar-refractivity contribution in [3.8, 4) is 0 Å². The van der Waals surface area contributed by atoms with Crippen molar-refractivity contribution in [3.05, 3.63) is 11.6 Å². The number of likely N-dealkylation sites (N-methyl/N-ethyl adjacent to an activating group) is 1. The lowest BCUT2D eigenvalue weighted by atomic mass is 9.84. The number of halogens is 1. The molecule has 0 aromatic heterocycles. The molecule has 0 unspecified atom stereocenters. The molecule has 2 amide bonds. The summed E-state index contributed by atoms with van der Waals surface area (Å²) in [7, 11) is 1.73. The van der Waals surface area contributed by atoms with Crippen LogP contribution in [-0.4, -0.2) is 61.0 Å². The van der Waals surface area contributed by atoms with Crippen molar-refractivity contribution >= 4 is 30.2 Å². The number of amides is 2. The largest absolute Gasteiger partial charge is 0.463 e. The average Bonchev–Trinajstić information content (AvgIpc) is 2.68. The van der Waals surface area contributed by atoms with Gasteiger partial charge in [-0.3, -0.25) is 9.59 Å². The predicted octanol–water partition coefficient (Wildman–Crippen LogP) is 3.07. The molecule has 1 heterocycles. The van der Waals surface area contributed by atoms with Gasteiger partial charge >= 0.3 is 5.97 Å². The molecule has 2 N–H and O–H groups in total. The number of nitrogens with one attached hydrogen (secondary N) is 2. The minimum absolute atomic E-state index is 0. The van der Waals surface area contributed by atoms with E-state index in [1.807, 2.05) is 34.6 Å². The first kappa shape index (κ1) is 29.4. The highest BCUT2D eigenvalue weighted by Crippen LogP contribution is 2.24. The SMILES string of the molecule is CCOC(=O)/C(C)=C/[C@H](C(C)C)N(C)C(=O)[C@@H](NC(=O)[C@H]1CCCCN1)C(C)(C)C.Cl. The topological polar surface area (TPSA) is 87.7 Å². The van der Waals surface area contributed by atoms with Crippen LogP contribution in [0.2, 0.25) is 0 Å². The number of carbonyl (C=O) groups excluding carboxylic acids is 3. The summed E-state index contributed by atoms with van der Waals surface area (Å²) in [5, 5.41) is 6.23. The highest BCUT2D eigenvalue weighted by atomic mass is 35.5. The Balaban J connectivity index is 0.00000900. The van der Waals surface area contributed by atoms with Crippen LogP contribution in [0.5, 0.6) is 0 Å². The number of carbonyl (C=O) groups is 3. The van der Waals surface area contributed by atoms with Gasteiger partial charge in [0.1, 0.15) is 6.04 Å². The van der Waals surface area contributed by atoms with Crippen LogP contribution in [0.15, 0.2) is 11.6 Å². The van der Waals surface area contributed by atoms with Crippen molar-refractivity contribution in [1.29, 1.82) is 0 Å². The Morgan fingerprint density at radius 2 is 1.84 bits per heavy atom. The standard InChI is InChI=1S/C23H41N3O4.ClH/c1-9-30-22(29)16(4)14-18(15(2)3)26(8)21(28)19(23(5,6)7)25-20(27)17-12-10-11-13-24-17;/h14-15,17-19,24H,9-13H2,1-8H3,(H,25,27);1H/b16-14+;/t17-,18-,19-;/m1./s1. The molecule has 1 aliphatic heterocycles. The lowest BCUT2D eigenvalue weighted by Gasteiger charge is -2.38. The summed E-state index contributed by atoms with van der Waals surface area (Å²) >= 11 is 0. The van der Waals surface area contributed by atoms with Crippen LogP contribution in [0, 0.1) is 11.3 Å². The van der Waals surface area contributed by atoms with E-state index in [-0.39, 0.29) is 48.2 Å². The van der Waals surface area contributed by atoms with Crippen molar-refractivity contribution in [3.63, 3.8) is 0 Å². The number of rotatable bonds is 8. The highest BCUT2D eigenvalue weighted by molar-refractivity contribution is 5.91. The number of esters is 1. The first-order valence-electron chi connectivity index (χ1n) is 11.1. The molecule has 1 aliphatic rings. The zero-order chi connectivity index (χ0) is 23.1. The van der Waals surface area contributed by atoms with E-state index in [1.54, 1.807) is 31.9 Å². The second-order valence-corrected chi connectivity index (χ2v) is 9.56. The minimum atomic E-state index is -0.670. The number of hydrogen-bond acceptors (Lipinski definition) is 5. The van der Waals surface area contributed by atoms with Gasteiger partial charge in [-0.1, -0.05) is 47.1 Å². The van der Waals surface area contributed by atoms with Gasteiger partial charge < -0.3 is 20.3 Å². The van der Waals surface area contributed by atoms with E-state index in [0.29, 0.717) is 12.2 Å². The number of hydrogen-bond donors (Lipinski definition) is 2. The quantitative estimate of drug-likeness (QED) is 0.430. The molecule has 1 saturated heterocycles. The Morgan fingerprint density at radius 1 is 1.23 bits per heavy atom. The highest BCUT2D eigenvalue weighted by Gasteiger charge is 2.38.